The molecule has 1 heterocycles. The lowest BCUT2D eigenvalue weighted by molar-refractivity contribution is 0.0698. The first-order valence-corrected chi connectivity index (χ1v) is 5.82. The zero-order chi connectivity index (χ0) is 12.3. The average Bonchev–Trinajstić information content (AvgIpc) is 2.79. The van der Waals surface area contributed by atoms with Gasteiger partial charge in [0, 0.05) is 4.88 Å². The Balaban J connectivity index is 2.52. The van der Waals surface area contributed by atoms with Crippen LogP contribution in [0.25, 0.3) is 10.4 Å². The van der Waals surface area contributed by atoms with Crippen molar-refractivity contribution in [1.82, 2.24) is 0 Å². The highest BCUT2D eigenvalue weighted by Gasteiger charge is 2.15. The molecule has 0 aliphatic heterocycles. The van der Waals surface area contributed by atoms with E-state index in [1.165, 1.54) is 11.3 Å². The molecule has 0 radical (unpaired) electrons. The van der Waals surface area contributed by atoms with Gasteiger partial charge in [0.2, 0.25) is 0 Å². The van der Waals surface area contributed by atoms with Gasteiger partial charge in [-0.25, -0.2) is 10.7 Å². The van der Waals surface area contributed by atoms with E-state index in [-0.39, 0.29) is 6.61 Å². The SMILES string of the molecule is NOCc1ccccc1-c1sccc1C(=O)O. The fraction of sp³-hybridized carbons (Fsp3) is 0.0833. The summed E-state index contributed by atoms with van der Waals surface area (Å²) in [6.45, 7) is 0.257. The molecule has 4 nitrogen and oxygen atoms in total. The summed E-state index contributed by atoms with van der Waals surface area (Å²) in [4.78, 5) is 16.4. The van der Waals surface area contributed by atoms with Gasteiger partial charge >= 0.3 is 5.97 Å². The van der Waals surface area contributed by atoms with Crippen molar-refractivity contribution in [3.63, 3.8) is 0 Å². The molecule has 2 aromatic rings. The fourth-order valence-corrected chi connectivity index (χ4v) is 2.59. The van der Waals surface area contributed by atoms with Crippen LogP contribution in [0.3, 0.4) is 0 Å². The summed E-state index contributed by atoms with van der Waals surface area (Å²) in [6.07, 6.45) is 0. The van der Waals surface area contributed by atoms with Crippen LogP contribution in [0.4, 0.5) is 0 Å². The molecular formula is C12H11NO3S. The summed E-state index contributed by atoms with van der Waals surface area (Å²) < 4.78 is 0. The maximum atomic E-state index is 11.1. The molecule has 0 saturated carbocycles. The Kier molecular flexibility index (Phi) is 3.53. The van der Waals surface area contributed by atoms with Crippen molar-refractivity contribution >= 4 is 17.3 Å². The predicted octanol–water partition coefficient (Wildman–Crippen LogP) is 2.50. The molecule has 0 amide bonds. The topological polar surface area (TPSA) is 72.5 Å². The minimum atomic E-state index is -0.926. The highest BCUT2D eigenvalue weighted by Crippen LogP contribution is 2.32. The largest absolute Gasteiger partial charge is 0.478 e. The van der Waals surface area contributed by atoms with E-state index in [0.717, 1.165) is 16.0 Å². The molecule has 1 aromatic heterocycles. The summed E-state index contributed by atoms with van der Waals surface area (Å²) in [7, 11) is 0. The van der Waals surface area contributed by atoms with Gasteiger partial charge < -0.3 is 5.11 Å². The first-order chi connectivity index (χ1) is 8.24. The first kappa shape index (κ1) is 11.8. The maximum Gasteiger partial charge on any atom is 0.337 e. The number of carboxylic acid groups (broad SMARTS) is 1. The van der Waals surface area contributed by atoms with Gasteiger partial charge in [0.05, 0.1) is 12.2 Å². The van der Waals surface area contributed by atoms with Crippen molar-refractivity contribution in [3.05, 3.63) is 46.8 Å². The Labute approximate surface area is 102 Å². The summed E-state index contributed by atoms with van der Waals surface area (Å²) in [6, 6.07) is 9.06. The quantitative estimate of drug-likeness (QED) is 0.816. The zero-order valence-corrected chi connectivity index (χ0v) is 9.74. The molecule has 0 unspecified atom stereocenters. The van der Waals surface area contributed by atoms with Crippen LogP contribution in [0, 0.1) is 0 Å². The van der Waals surface area contributed by atoms with E-state index in [1.54, 1.807) is 11.4 Å². The van der Waals surface area contributed by atoms with Crippen molar-refractivity contribution in [3.8, 4) is 10.4 Å². The Hall–Kier alpha value is -1.69. The second kappa shape index (κ2) is 5.09. The molecule has 1 aromatic carbocycles. The van der Waals surface area contributed by atoms with Crippen LogP contribution >= 0.6 is 11.3 Å². The van der Waals surface area contributed by atoms with Crippen LogP contribution in [0.5, 0.6) is 0 Å². The standard InChI is InChI=1S/C12H11NO3S/c13-16-7-8-3-1-2-4-9(8)11-10(12(14)15)5-6-17-11/h1-6H,7,13H2,(H,14,15). The molecule has 0 atom stereocenters. The smallest absolute Gasteiger partial charge is 0.337 e. The molecule has 3 N–H and O–H groups in total. The number of aromatic carboxylic acids is 1. The van der Waals surface area contributed by atoms with E-state index >= 15 is 0 Å². The third-order valence-corrected chi connectivity index (χ3v) is 3.34. The minimum absolute atomic E-state index is 0.257. The van der Waals surface area contributed by atoms with Gasteiger partial charge in [-0.3, -0.25) is 4.84 Å². The lowest BCUT2D eigenvalue weighted by Gasteiger charge is -2.07. The number of hydrogen-bond donors (Lipinski definition) is 2. The van der Waals surface area contributed by atoms with E-state index in [2.05, 4.69) is 4.84 Å². The Morgan fingerprint density at radius 1 is 1.35 bits per heavy atom. The van der Waals surface area contributed by atoms with Gasteiger partial charge in [-0.1, -0.05) is 24.3 Å². The molecule has 0 bridgehead atoms. The summed E-state index contributed by atoms with van der Waals surface area (Å²) in [5, 5.41) is 10.9. The van der Waals surface area contributed by atoms with Crippen molar-refractivity contribution in [2.24, 2.45) is 5.90 Å². The van der Waals surface area contributed by atoms with Crippen molar-refractivity contribution in [2.45, 2.75) is 6.61 Å². The van der Waals surface area contributed by atoms with E-state index in [0.29, 0.717) is 5.56 Å². The number of rotatable bonds is 4. The van der Waals surface area contributed by atoms with Crippen molar-refractivity contribution in [1.29, 1.82) is 0 Å². The number of carboxylic acids is 1. The Bertz CT molecular complexity index is 536. The van der Waals surface area contributed by atoms with Crippen LogP contribution in [-0.4, -0.2) is 11.1 Å². The molecule has 0 aliphatic rings. The number of thiophene rings is 1. The monoisotopic (exact) mass is 249 g/mol. The fourth-order valence-electron chi connectivity index (χ4n) is 1.64. The normalized spacial score (nSPS) is 10.4. The number of hydrogen-bond acceptors (Lipinski definition) is 4. The number of benzene rings is 1. The van der Waals surface area contributed by atoms with Crippen LogP contribution in [0.15, 0.2) is 35.7 Å². The summed E-state index contributed by atoms with van der Waals surface area (Å²) >= 11 is 1.39. The molecule has 0 aliphatic carbocycles. The van der Waals surface area contributed by atoms with Gasteiger partial charge in [-0.15, -0.1) is 11.3 Å². The first-order valence-electron chi connectivity index (χ1n) is 4.94. The second-order valence-electron chi connectivity index (χ2n) is 3.44. The van der Waals surface area contributed by atoms with Gasteiger partial charge in [0.25, 0.3) is 0 Å². The van der Waals surface area contributed by atoms with Crippen molar-refractivity contribution < 1.29 is 14.7 Å². The molecule has 0 saturated heterocycles. The van der Waals surface area contributed by atoms with Gasteiger partial charge in [0.1, 0.15) is 0 Å². The minimum Gasteiger partial charge on any atom is -0.478 e. The van der Waals surface area contributed by atoms with Crippen LogP contribution in [0.2, 0.25) is 0 Å². The molecule has 17 heavy (non-hydrogen) atoms. The molecule has 0 spiro atoms. The number of nitrogens with two attached hydrogens (primary N) is 1. The highest BCUT2D eigenvalue weighted by molar-refractivity contribution is 7.14. The van der Waals surface area contributed by atoms with E-state index in [4.69, 9.17) is 11.0 Å². The summed E-state index contributed by atoms with van der Waals surface area (Å²) in [5.74, 6) is 4.14. The molecule has 5 heteroatoms. The van der Waals surface area contributed by atoms with Crippen LogP contribution in [0.1, 0.15) is 15.9 Å². The maximum absolute atomic E-state index is 11.1. The summed E-state index contributed by atoms with van der Waals surface area (Å²) in [5.41, 5.74) is 2.03. The molecule has 0 fully saturated rings. The zero-order valence-electron chi connectivity index (χ0n) is 8.92. The van der Waals surface area contributed by atoms with E-state index < -0.39 is 5.97 Å². The molecule has 2 rings (SSSR count). The third-order valence-electron chi connectivity index (χ3n) is 2.40. The van der Waals surface area contributed by atoms with Crippen LogP contribution < -0.4 is 5.90 Å². The Morgan fingerprint density at radius 2 is 2.12 bits per heavy atom. The third kappa shape index (κ3) is 2.36. The predicted molar refractivity (Wildman–Crippen MR) is 65.7 cm³/mol. The van der Waals surface area contributed by atoms with E-state index in [9.17, 15) is 4.79 Å². The van der Waals surface area contributed by atoms with Gasteiger partial charge in [-0.05, 0) is 22.6 Å². The second-order valence-corrected chi connectivity index (χ2v) is 4.35. The lowest BCUT2D eigenvalue weighted by atomic mass is 10.0. The number of carbonyl (C=O) groups is 1. The van der Waals surface area contributed by atoms with Crippen molar-refractivity contribution in [2.75, 3.05) is 0 Å². The van der Waals surface area contributed by atoms with E-state index in [1.807, 2.05) is 24.3 Å². The Morgan fingerprint density at radius 3 is 2.82 bits per heavy atom. The molecular weight excluding hydrogens is 238 g/mol. The van der Waals surface area contributed by atoms with Gasteiger partial charge in [0.15, 0.2) is 0 Å². The lowest BCUT2D eigenvalue weighted by Crippen LogP contribution is -2.01. The molecule has 88 valence electrons. The van der Waals surface area contributed by atoms with Crippen LogP contribution in [-0.2, 0) is 11.4 Å². The highest BCUT2D eigenvalue weighted by atomic mass is 32.1. The van der Waals surface area contributed by atoms with Gasteiger partial charge in [-0.2, -0.15) is 0 Å². The average molecular weight is 249 g/mol.